The molecule has 5 N–H and O–H groups in total. The topological polar surface area (TPSA) is 158 Å². The number of rotatable bonds is 7. The number of nitrogens with two attached hydrogens (primary N) is 1. The van der Waals surface area contributed by atoms with Gasteiger partial charge in [0.15, 0.2) is 0 Å². The number of ether oxygens (including phenoxy) is 2. The van der Waals surface area contributed by atoms with Gasteiger partial charge in [-0.25, -0.2) is 9.37 Å². The van der Waals surface area contributed by atoms with Gasteiger partial charge >= 0.3 is 0 Å². The van der Waals surface area contributed by atoms with Crippen LogP contribution in [0.3, 0.4) is 0 Å². The summed E-state index contributed by atoms with van der Waals surface area (Å²) in [5.74, 6) is -0.992. The average molecular weight is 578 g/mol. The lowest BCUT2D eigenvalue weighted by molar-refractivity contribution is -0.129. The molecule has 42 heavy (non-hydrogen) atoms. The Morgan fingerprint density at radius 3 is 2.83 bits per heavy atom. The van der Waals surface area contributed by atoms with Crippen molar-refractivity contribution in [1.82, 2.24) is 20.2 Å². The minimum absolute atomic E-state index is 0.00678. The number of hydrogen-bond donors (Lipinski definition) is 4. The number of aliphatic hydroxyl groups is 1. The van der Waals surface area contributed by atoms with Gasteiger partial charge in [-0.2, -0.15) is 0 Å². The highest BCUT2D eigenvalue weighted by molar-refractivity contribution is 5.93. The van der Waals surface area contributed by atoms with Crippen molar-refractivity contribution >= 4 is 22.7 Å². The van der Waals surface area contributed by atoms with Crippen LogP contribution in [0.5, 0.6) is 0 Å². The molecule has 3 aromatic rings. The molecule has 0 fully saturated rings. The van der Waals surface area contributed by atoms with Crippen LogP contribution in [-0.4, -0.2) is 46.4 Å². The Labute approximate surface area is 240 Å². The Morgan fingerprint density at radius 1 is 1.31 bits per heavy atom. The van der Waals surface area contributed by atoms with Gasteiger partial charge in [-0.1, -0.05) is 13.5 Å². The summed E-state index contributed by atoms with van der Waals surface area (Å²) in [5.41, 5.74) is 8.55. The minimum atomic E-state index is -1.53. The van der Waals surface area contributed by atoms with Crippen LogP contribution in [0, 0.1) is 12.7 Å². The molecule has 2 amide bonds. The lowest BCUT2D eigenvalue weighted by Crippen LogP contribution is -2.38. The number of fused-ring (bicyclic) bond motifs is 5. The second-order valence-electron chi connectivity index (χ2n) is 10.9. The van der Waals surface area contributed by atoms with E-state index in [0.29, 0.717) is 46.4 Å². The van der Waals surface area contributed by atoms with Gasteiger partial charge in [0.25, 0.3) is 5.56 Å². The number of hydrogen-bond acceptors (Lipinski definition) is 8. The minimum Gasteiger partial charge on any atom is -0.490 e. The summed E-state index contributed by atoms with van der Waals surface area (Å²) in [6.45, 7) is 6.94. The van der Waals surface area contributed by atoms with Crippen LogP contribution in [0.1, 0.15) is 59.2 Å². The van der Waals surface area contributed by atoms with Gasteiger partial charge in [-0.3, -0.25) is 14.4 Å². The second kappa shape index (κ2) is 10.3. The van der Waals surface area contributed by atoms with Crippen LogP contribution in [0.2, 0.25) is 0 Å². The average Bonchev–Trinajstić information content (AvgIpc) is 3.35. The Hall–Kier alpha value is -4.13. The molecule has 0 unspecified atom stereocenters. The van der Waals surface area contributed by atoms with Crippen molar-refractivity contribution in [3.05, 3.63) is 74.0 Å². The number of amides is 2. The molecule has 2 atom stereocenters. The summed E-state index contributed by atoms with van der Waals surface area (Å²) in [7, 11) is 0. The van der Waals surface area contributed by atoms with E-state index in [9.17, 15) is 19.5 Å². The van der Waals surface area contributed by atoms with Crippen LogP contribution in [0.15, 0.2) is 29.3 Å². The number of aromatic nitrogens is 2. The molecule has 0 saturated heterocycles. The van der Waals surface area contributed by atoms with Crippen LogP contribution < -0.4 is 21.9 Å². The first-order valence-corrected chi connectivity index (χ1v) is 13.9. The van der Waals surface area contributed by atoms with Crippen molar-refractivity contribution in [3.63, 3.8) is 0 Å². The highest BCUT2D eigenvalue weighted by atomic mass is 19.1. The first-order valence-electron chi connectivity index (χ1n) is 13.9. The Kier molecular flexibility index (Phi) is 6.87. The maximum Gasteiger partial charge on any atom is 0.258 e. The fourth-order valence-electron chi connectivity index (χ4n) is 6.40. The van der Waals surface area contributed by atoms with E-state index in [4.69, 9.17) is 20.2 Å². The van der Waals surface area contributed by atoms with Crippen LogP contribution in [0.4, 0.5) is 4.39 Å². The second-order valence-corrected chi connectivity index (χ2v) is 10.9. The van der Waals surface area contributed by atoms with Gasteiger partial charge in [0.2, 0.25) is 11.8 Å². The summed E-state index contributed by atoms with van der Waals surface area (Å²) in [6.07, 6.45) is 1.28. The van der Waals surface area contributed by atoms with Crippen molar-refractivity contribution in [2.24, 2.45) is 5.73 Å². The third-order valence-corrected chi connectivity index (χ3v) is 8.67. The quantitative estimate of drug-likeness (QED) is 0.191. The third-order valence-electron chi connectivity index (χ3n) is 8.67. The molecule has 0 bridgehead atoms. The summed E-state index contributed by atoms with van der Waals surface area (Å²) >= 11 is 0. The normalized spacial score (nSPS) is 20.0. The van der Waals surface area contributed by atoms with Gasteiger partial charge in [0, 0.05) is 22.6 Å². The smallest absolute Gasteiger partial charge is 0.258 e. The van der Waals surface area contributed by atoms with E-state index >= 15 is 4.39 Å². The molecular weight excluding hydrogens is 545 g/mol. The number of benzene rings is 1. The fourth-order valence-corrected chi connectivity index (χ4v) is 6.40. The van der Waals surface area contributed by atoms with Crippen molar-refractivity contribution < 1.29 is 28.6 Å². The fraction of sp³-hybridized carbons (Fsp3) is 0.400. The van der Waals surface area contributed by atoms with E-state index in [2.05, 4.69) is 17.2 Å². The number of nitrogens with one attached hydrogen (secondary N) is 2. The van der Waals surface area contributed by atoms with Gasteiger partial charge in [-0.15, -0.1) is 0 Å². The molecular formula is C30H32FN5O6. The van der Waals surface area contributed by atoms with E-state index in [1.807, 2.05) is 0 Å². The van der Waals surface area contributed by atoms with Crippen molar-refractivity contribution in [1.29, 1.82) is 0 Å². The summed E-state index contributed by atoms with van der Waals surface area (Å²) in [6, 6.07) is 2.70. The van der Waals surface area contributed by atoms with Gasteiger partial charge in [-0.05, 0) is 48.9 Å². The number of carbonyl (C=O) groups is 2. The van der Waals surface area contributed by atoms with Crippen molar-refractivity contribution in [2.75, 3.05) is 19.9 Å². The zero-order valence-electron chi connectivity index (χ0n) is 23.4. The standard InChI is InChI=1S/C30H32FN5O6/c1-4-30(40)15(3)42-11-18-19(30)7-23-28-17(10-36(23)29(18)39)27-21(34-25(38)12-41-13-33-24(37)9-32)6-5-16-14(2)20(31)8-22(35-28)26(16)27/h7-8,21,40H,3-6,9-13,32H2,1-2H3,(H,33,37)(H,34,38)/t21-,30+/m0/s1. The van der Waals surface area contributed by atoms with Crippen molar-refractivity contribution in [3.8, 4) is 11.4 Å². The molecule has 220 valence electrons. The molecule has 0 spiro atoms. The molecule has 2 aromatic heterocycles. The molecule has 1 aromatic carbocycles. The monoisotopic (exact) mass is 577 g/mol. The summed E-state index contributed by atoms with van der Waals surface area (Å²) in [4.78, 5) is 42.9. The van der Waals surface area contributed by atoms with Crippen LogP contribution in [-0.2, 0) is 44.2 Å². The lowest BCUT2D eigenvalue weighted by atomic mass is 9.81. The molecule has 0 saturated carbocycles. The Bertz CT molecular complexity index is 1750. The lowest BCUT2D eigenvalue weighted by Gasteiger charge is -2.35. The number of halogens is 1. The molecule has 12 heteroatoms. The van der Waals surface area contributed by atoms with Crippen LogP contribution in [0.25, 0.3) is 22.3 Å². The third kappa shape index (κ3) is 4.20. The van der Waals surface area contributed by atoms with Gasteiger partial charge in [0.1, 0.15) is 37.1 Å². The van der Waals surface area contributed by atoms with Crippen molar-refractivity contribution in [2.45, 2.75) is 57.9 Å². The van der Waals surface area contributed by atoms with Gasteiger partial charge < -0.3 is 35.5 Å². The molecule has 1 aliphatic carbocycles. The number of carbonyl (C=O) groups excluding carboxylic acids is 2. The first-order chi connectivity index (χ1) is 20.1. The van der Waals surface area contributed by atoms with E-state index in [1.165, 1.54) is 6.07 Å². The van der Waals surface area contributed by atoms with E-state index in [-0.39, 0.29) is 56.6 Å². The summed E-state index contributed by atoms with van der Waals surface area (Å²) < 4.78 is 27.6. The summed E-state index contributed by atoms with van der Waals surface area (Å²) in [5, 5.41) is 17.7. The SMILES string of the molecule is C=C1OCc2c(cc3n(c2=O)Cc2c-3nc3cc(F)c(C)c4c3c2[C@@H](NC(=O)COCNC(=O)CN)CC4)[C@@]1(O)CC. The molecule has 4 heterocycles. The molecule has 2 aliphatic heterocycles. The Morgan fingerprint density at radius 2 is 2.10 bits per heavy atom. The zero-order valence-corrected chi connectivity index (χ0v) is 23.4. The maximum absolute atomic E-state index is 15.1. The first kappa shape index (κ1) is 28.0. The molecule has 3 aliphatic rings. The number of pyridine rings is 2. The van der Waals surface area contributed by atoms with E-state index < -0.39 is 23.5 Å². The maximum atomic E-state index is 15.1. The number of aryl methyl sites for hydroxylation is 1. The molecule has 6 rings (SSSR count). The van der Waals surface area contributed by atoms with Gasteiger partial charge in [0.05, 0.1) is 41.6 Å². The predicted octanol–water partition coefficient (Wildman–Crippen LogP) is 1.67. The molecule has 11 nitrogen and oxygen atoms in total. The zero-order chi connectivity index (χ0) is 29.9. The highest BCUT2D eigenvalue weighted by Gasteiger charge is 2.42. The predicted molar refractivity (Wildman–Crippen MR) is 151 cm³/mol. The largest absolute Gasteiger partial charge is 0.490 e. The number of nitrogens with zero attached hydrogens (tertiary/aromatic N) is 2. The molecule has 0 radical (unpaired) electrons. The Balaban J connectivity index is 1.45. The van der Waals surface area contributed by atoms with E-state index in [1.54, 1.807) is 24.5 Å². The van der Waals surface area contributed by atoms with E-state index in [0.717, 1.165) is 22.1 Å². The van der Waals surface area contributed by atoms with Crippen LogP contribution >= 0.6 is 0 Å². The highest BCUT2D eigenvalue weighted by Crippen LogP contribution is 2.46.